The van der Waals surface area contributed by atoms with E-state index >= 15 is 0 Å². The third kappa shape index (κ3) is 8.61. The van der Waals surface area contributed by atoms with E-state index in [0.717, 1.165) is 16.7 Å². The van der Waals surface area contributed by atoms with Gasteiger partial charge in [-0.1, -0.05) is 29.8 Å². The van der Waals surface area contributed by atoms with Gasteiger partial charge >= 0.3 is 6.09 Å². The summed E-state index contributed by atoms with van der Waals surface area (Å²) in [6.07, 6.45) is 1.13. The maximum Gasteiger partial charge on any atom is 0.408 e. The zero-order valence-electron chi connectivity index (χ0n) is 24.7. The number of carbonyl (C=O) groups is 2. The van der Waals surface area contributed by atoms with Crippen LogP contribution in [0.3, 0.4) is 0 Å². The van der Waals surface area contributed by atoms with Gasteiger partial charge in [0.25, 0.3) is 5.56 Å². The fourth-order valence-corrected chi connectivity index (χ4v) is 4.32. The smallest absolute Gasteiger partial charge is 0.408 e. The molecule has 42 heavy (non-hydrogen) atoms. The lowest BCUT2D eigenvalue weighted by Gasteiger charge is -2.24. The third-order valence-electron chi connectivity index (χ3n) is 6.39. The number of benzene rings is 2. The van der Waals surface area contributed by atoms with Crippen molar-refractivity contribution in [2.75, 3.05) is 5.32 Å². The van der Waals surface area contributed by atoms with Crippen molar-refractivity contribution in [2.24, 2.45) is 11.6 Å². The van der Waals surface area contributed by atoms with Crippen LogP contribution in [0.15, 0.2) is 71.3 Å². The Labute approximate surface area is 251 Å². The molecular formula is C31H39ClN6O4. The van der Waals surface area contributed by atoms with Gasteiger partial charge in [0.05, 0.1) is 5.70 Å². The van der Waals surface area contributed by atoms with Crippen molar-refractivity contribution < 1.29 is 14.3 Å². The van der Waals surface area contributed by atoms with Crippen molar-refractivity contribution in [3.05, 3.63) is 93.0 Å². The monoisotopic (exact) mass is 594 g/mol. The molecule has 0 saturated heterocycles. The van der Waals surface area contributed by atoms with Gasteiger partial charge in [0.15, 0.2) is 0 Å². The molecule has 0 aliphatic rings. The van der Waals surface area contributed by atoms with E-state index in [1.807, 2.05) is 26.0 Å². The van der Waals surface area contributed by atoms with Crippen LogP contribution in [0.5, 0.6) is 0 Å². The number of anilines is 1. The average molecular weight is 595 g/mol. The van der Waals surface area contributed by atoms with Gasteiger partial charge in [0.1, 0.15) is 11.6 Å². The Morgan fingerprint density at radius 1 is 1.02 bits per heavy atom. The summed E-state index contributed by atoms with van der Waals surface area (Å²) in [5, 5.41) is 5.96. The summed E-state index contributed by atoms with van der Waals surface area (Å²) >= 11 is 6.57. The number of carbonyl (C=O) groups excluding carboxylic acids is 2. The van der Waals surface area contributed by atoms with Crippen molar-refractivity contribution in [1.29, 1.82) is 0 Å². The highest BCUT2D eigenvalue weighted by Gasteiger charge is 2.26. The lowest BCUT2D eigenvalue weighted by molar-refractivity contribution is -0.118. The molecule has 2 aromatic carbocycles. The first-order valence-electron chi connectivity index (χ1n) is 13.5. The Morgan fingerprint density at radius 3 is 2.26 bits per heavy atom. The number of hydrazine groups is 1. The first kappa shape index (κ1) is 32.2. The topological polar surface area (TPSA) is 153 Å². The van der Waals surface area contributed by atoms with Crippen molar-refractivity contribution in [3.63, 3.8) is 0 Å². The minimum absolute atomic E-state index is 0.0156. The number of rotatable bonds is 9. The molecule has 1 unspecified atom stereocenters. The maximum atomic E-state index is 13.5. The van der Waals surface area contributed by atoms with Crippen LogP contribution < -0.4 is 33.2 Å². The summed E-state index contributed by atoms with van der Waals surface area (Å²) in [7, 11) is 0. The summed E-state index contributed by atoms with van der Waals surface area (Å²) in [4.78, 5) is 38.5. The highest BCUT2D eigenvalue weighted by atomic mass is 35.5. The molecule has 0 spiro atoms. The molecular weight excluding hydrogens is 556 g/mol. The maximum absolute atomic E-state index is 13.5. The Morgan fingerprint density at radius 2 is 1.67 bits per heavy atom. The minimum Gasteiger partial charge on any atom is -0.444 e. The molecule has 0 aliphatic carbocycles. The van der Waals surface area contributed by atoms with Crippen molar-refractivity contribution in [3.8, 4) is 11.1 Å². The van der Waals surface area contributed by atoms with Gasteiger partial charge in [-0.3, -0.25) is 15.4 Å². The van der Waals surface area contributed by atoms with Gasteiger partial charge in [0, 0.05) is 41.1 Å². The van der Waals surface area contributed by atoms with Gasteiger partial charge in [0.2, 0.25) is 5.91 Å². The molecule has 0 fully saturated rings. The quantitative estimate of drug-likeness (QED) is 0.174. The van der Waals surface area contributed by atoms with Gasteiger partial charge in [-0.2, -0.15) is 0 Å². The normalized spacial score (nSPS) is 12.8. The van der Waals surface area contributed by atoms with E-state index in [0.29, 0.717) is 27.7 Å². The molecule has 0 bridgehead atoms. The standard InChI is InChI=1S/C31H39ClN6O4/c1-18(2)38-17-22(10-14-27(38)39)21-9-13-25(32)23(15-21)16-26(36-30(41)42-31(4,5)6)29(40)35-24-11-7-20(8-12-24)28(33)19(3)37-34/h7-15,17-18,26,37H,16,33-34H2,1-6H3,(H,35,40)(H,36,41)/b28-19-. The molecule has 2 amide bonds. The summed E-state index contributed by atoms with van der Waals surface area (Å²) in [5.74, 6) is 4.98. The van der Waals surface area contributed by atoms with Crippen LogP contribution in [0.25, 0.3) is 16.8 Å². The fraction of sp³-hybridized carbons (Fsp3) is 0.323. The zero-order chi connectivity index (χ0) is 31.2. The van der Waals surface area contributed by atoms with Crippen molar-refractivity contribution in [2.45, 2.75) is 65.6 Å². The Kier molecular flexibility index (Phi) is 10.4. The van der Waals surface area contributed by atoms with Crippen LogP contribution in [0, 0.1) is 0 Å². The number of pyridine rings is 1. The number of nitrogens with zero attached hydrogens (tertiary/aromatic N) is 1. The van der Waals surface area contributed by atoms with Crippen LogP contribution in [0.2, 0.25) is 5.02 Å². The molecule has 7 N–H and O–H groups in total. The molecule has 10 nitrogen and oxygen atoms in total. The van der Waals surface area contributed by atoms with E-state index in [9.17, 15) is 14.4 Å². The Bertz CT molecular complexity index is 1520. The van der Waals surface area contributed by atoms with E-state index < -0.39 is 23.6 Å². The van der Waals surface area contributed by atoms with E-state index in [1.54, 1.807) is 74.9 Å². The highest BCUT2D eigenvalue weighted by Crippen LogP contribution is 2.27. The van der Waals surface area contributed by atoms with Gasteiger partial charge in [-0.05, 0) is 94.1 Å². The molecule has 11 heteroatoms. The third-order valence-corrected chi connectivity index (χ3v) is 6.76. The van der Waals surface area contributed by atoms with Crippen LogP contribution >= 0.6 is 11.6 Å². The molecule has 3 aromatic rings. The molecule has 0 radical (unpaired) electrons. The van der Waals surface area contributed by atoms with Crippen molar-refractivity contribution >= 4 is 35.0 Å². The number of allylic oxidation sites excluding steroid dienone is 1. The molecule has 0 aliphatic heterocycles. The first-order valence-corrected chi connectivity index (χ1v) is 13.9. The van der Waals surface area contributed by atoms with Gasteiger partial charge in [-0.15, -0.1) is 0 Å². The Balaban J connectivity index is 1.91. The predicted octanol–water partition coefficient (Wildman–Crippen LogP) is 4.93. The molecule has 1 heterocycles. The Hall–Kier alpha value is -4.28. The largest absolute Gasteiger partial charge is 0.444 e. The second-order valence-electron chi connectivity index (χ2n) is 11.2. The minimum atomic E-state index is -1.02. The van der Waals surface area contributed by atoms with E-state index in [4.69, 9.17) is 27.9 Å². The molecule has 224 valence electrons. The summed E-state index contributed by atoms with van der Waals surface area (Å²) < 4.78 is 7.07. The van der Waals surface area contributed by atoms with Crippen LogP contribution in [0.4, 0.5) is 10.5 Å². The van der Waals surface area contributed by atoms with Crippen LogP contribution in [-0.2, 0) is 16.0 Å². The van der Waals surface area contributed by atoms with E-state index in [-0.39, 0.29) is 18.0 Å². The van der Waals surface area contributed by atoms with Crippen LogP contribution in [0.1, 0.15) is 58.7 Å². The second kappa shape index (κ2) is 13.6. The molecule has 1 aromatic heterocycles. The summed E-state index contributed by atoms with van der Waals surface area (Å²) in [6, 6.07) is 14.5. The van der Waals surface area contributed by atoms with Crippen molar-refractivity contribution in [1.82, 2.24) is 15.3 Å². The number of halogens is 1. The molecule has 1 atom stereocenters. The predicted molar refractivity (Wildman–Crippen MR) is 168 cm³/mol. The fourth-order valence-electron chi connectivity index (χ4n) is 4.12. The van der Waals surface area contributed by atoms with Gasteiger partial charge in [-0.25, -0.2) is 4.79 Å². The molecule has 3 rings (SSSR count). The SMILES string of the molecule is C/C(NN)=C(/N)c1ccc(NC(=O)C(Cc2cc(-c3ccc(=O)n(C(C)C)c3)ccc2Cl)NC(=O)OC(C)(C)C)cc1. The van der Waals surface area contributed by atoms with Crippen LogP contribution in [-0.4, -0.2) is 28.2 Å². The average Bonchev–Trinajstić information content (AvgIpc) is 2.92. The number of alkyl carbamates (subject to hydrolysis) is 1. The number of hydrogen-bond acceptors (Lipinski definition) is 7. The summed E-state index contributed by atoms with van der Waals surface area (Å²) in [5.41, 5.74) is 12.3. The van der Waals surface area contributed by atoms with E-state index in [1.165, 1.54) is 6.07 Å². The first-order chi connectivity index (χ1) is 19.7. The number of amides is 2. The number of nitrogens with two attached hydrogens (primary N) is 2. The second-order valence-corrected chi connectivity index (χ2v) is 11.6. The number of aromatic nitrogens is 1. The summed E-state index contributed by atoms with van der Waals surface area (Å²) in [6.45, 7) is 10.8. The lowest BCUT2D eigenvalue weighted by atomic mass is 9.99. The number of hydrogen-bond donors (Lipinski definition) is 5. The van der Waals surface area contributed by atoms with Gasteiger partial charge < -0.3 is 31.1 Å². The zero-order valence-corrected chi connectivity index (χ0v) is 25.5. The highest BCUT2D eigenvalue weighted by molar-refractivity contribution is 6.31. The van der Waals surface area contributed by atoms with E-state index in [2.05, 4.69) is 16.1 Å². The lowest BCUT2D eigenvalue weighted by Crippen LogP contribution is -2.47. The number of ether oxygens (including phenoxy) is 1. The number of nitrogens with one attached hydrogen (secondary N) is 3. The molecule has 0 saturated carbocycles.